The van der Waals surface area contributed by atoms with Gasteiger partial charge in [0.25, 0.3) is 5.91 Å². The van der Waals surface area contributed by atoms with E-state index in [1.165, 1.54) is 30.1 Å². The Kier molecular flexibility index (Phi) is 3.80. The number of anilines is 1. The summed E-state index contributed by atoms with van der Waals surface area (Å²) in [6, 6.07) is 5.63. The molecule has 2 atom stereocenters. The summed E-state index contributed by atoms with van der Waals surface area (Å²) in [6.07, 6.45) is -1.05. The number of halogens is 1. The van der Waals surface area contributed by atoms with E-state index in [2.05, 4.69) is 0 Å². The van der Waals surface area contributed by atoms with Gasteiger partial charge in [-0.05, 0) is 31.0 Å². The molecule has 1 aromatic rings. The third-order valence-corrected chi connectivity index (χ3v) is 3.10. The van der Waals surface area contributed by atoms with Gasteiger partial charge in [-0.1, -0.05) is 6.07 Å². The number of ether oxygens (including phenoxy) is 1. The minimum atomic E-state index is -1.07. The van der Waals surface area contributed by atoms with Gasteiger partial charge in [-0.3, -0.25) is 4.79 Å². The maximum absolute atomic E-state index is 13.1. The fraction of sp³-hybridized carbons (Fsp3) is 0.385. The molecule has 6 heteroatoms. The molecule has 0 saturated carbocycles. The number of aliphatic carboxylic acids is 1. The second-order valence-corrected chi connectivity index (χ2v) is 4.41. The lowest BCUT2D eigenvalue weighted by atomic mass is 10.1. The number of hydrogen-bond acceptors (Lipinski definition) is 3. The predicted molar refractivity (Wildman–Crippen MR) is 65.3 cm³/mol. The molecule has 1 amide bonds. The van der Waals surface area contributed by atoms with Crippen molar-refractivity contribution in [2.75, 3.05) is 11.9 Å². The first-order valence-corrected chi connectivity index (χ1v) is 5.90. The largest absolute Gasteiger partial charge is 0.479 e. The molecule has 2 unspecified atom stereocenters. The monoisotopic (exact) mass is 267 g/mol. The molecule has 0 spiro atoms. The lowest BCUT2D eigenvalue weighted by Crippen LogP contribution is -2.37. The summed E-state index contributed by atoms with van der Waals surface area (Å²) in [6.45, 7) is 0. The molecule has 0 aromatic heterocycles. The van der Waals surface area contributed by atoms with Gasteiger partial charge in [0.15, 0.2) is 6.10 Å². The van der Waals surface area contributed by atoms with Gasteiger partial charge in [0.05, 0.1) is 0 Å². The third kappa shape index (κ3) is 2.90. The molecule has 5 nitrogen and oxygen atoms in total. The molecule has 19 heavy (non-hydrogen) atoms. The van der Waals surface area contributed by atoms with Gasteiger partial charge < -0.3 is 14.7 Å². The second-order valence-electron chi connectivity index (χ2n) is 4.41. The van der Waals surface area contributed by atoms with Crippen LogP contribution in [0.15, 0.2) is 24.3 Å². The first-order chi connectivity index (χ1) is 8.99. The van der Waals surface area contributed by atoms with Crippen LogP contribution in [-0.2, 0) is 14.3 Å². The highest BCUT2D eigenvalue weighted by Gasteiger charge is 2.36. The first-order valence-electron chi connectivity index (χ1n) is 5.90. The Morgan fingerprint density at radius 3 is 2.63 bits per heavy atom. The minimum Gasteiger partial charge on any atom is -0.479 e. The van der Waals surface area contributed by atoms with Crippen LogP contribution >= 0.6 is 0 Å². The summed E-state index contributed by atoms with van der Waals surface area (Å²) < 4.78 is 18.3. The lowest BCUT2D eigenvalue weighted by molar-refractivity contribution is -0.151. The average Bonchev–Trinajstić information content (AvgIpc) is 2.86. The number of carbonyl (C=O) groups is 2. The van der Waals surface area contributed by atoms with E-state index in [1.54, 1.807) is 6.07 Å². The molecule has 0 radical (unpaired) electrons. The van der Waals surface area contributed by atoms with Crippen molar-refractivity contribution >= 4 is 17.6 Å². The molecule has 102 valence electrons. The van der Waals surface area contributed by atoms with Gasteiger partial charge >= 0.3 is 5.97 Å². The van der Waals surface area contributed by atoms with Crippen molar-refractivity contribution in [2.45, 2.75) is 25.0 Å². The average molecular weight is 267 g/mol. The predicted octanol–water partition coefficient (Wildman–Crippen LogP) is 1.42. The number of likely N-dealkylation sites (N-methyl/N-ethyl adjacent to an activating group) is 1. The third-order valence-electron chi connectivity index (χ3n) is 3.10. The maximum Gasteiger partial charge on any atom is 0.332 e. The SMILES string of the molecule is CN(C(=O)C1CCC(C(=O)O)O1)c1cccc(F)c1. The molecule has 1 saturated heterocycles. The van der Waals surface area contributed by atoms with Gasteiger partial charge in [-0.15, -0.1) is 0 Å². The molecular formula is C13H14FNO4. The van der Waals surface area contributed by atoms with Crippen LogP contribution in [0.2, 0.25) is 0 Å². The number of carboxylic acid groups (broad SMARTS) is 1. The molecule has 1 fully saturated rings. The van der Waals surface area contributed by atoms with Crippen molar-refractivity contribution in [3.8, 4) is 0 Å². The Balaban J connectivity index is 2.06. The normalized spacial score (nSPS) is 22.2. The van der Waals surface area contributed by atoms with Gasteiger partial charge in [0, 0.05) is 12.7 Å². The molecule has 1 aromatic carbocycles. The van der Waals surface area contributed by atoms with Crippen LogP contribution in [0, 0.1) is 5.82 Å². The number of nitrogens with zero attached hydrogens (tertiary/aromatic N) is 1. The summed E-state index contributed by atoms with van der Waals surface area (Å²) in [7, 11) is 1.51. The topological polar surface area (TPSA) is 66.8 Å². The first kappa shape index (κ1) is 13.5. The standard InChI is InChI=1S/C13H14FNO4/c1-15(9-4-2-3-8(14)7-9)12(16)10-5-6-11(19-10)13(17)18/h2-4,7,10-11H,5-6H2,1H3,(H,17,18). The lowest BCUT2D eigenvalue weighted by Gasteiger charge is -2.21. The Labute approximate surface area is 109 Å². The molecule has 1 aliphatic heterocycles. The Morgan fingerprint density at radius 2 is 2.05 bits per heavy atom. The number of rotatable bonds is 3. The van der Waals surface area contributed by atoms with Crippen molar-refractivity contribution in [3.63, 3.8) is 0 Å². The van der Waals surface area contributed by atoms with E-state index < -0.39 is 24.0 Å². The van der Waals surface area contributed by atoms with Crippen LogP contribution in [0.5, 0.6) is 0 Å². The minimum absolute atomic E-state index is 0.308. The van der Waals surface area contributed by atoms with Crippen LogP contribution in [0.25, 0.3) is 0 Å². The van der Waals surface area contributed by atoms with E-state index in [1.807, 2.05) is 0 Å². The van der Waals surface area contributed by atoms with Gasteiger partial charge in [0.2, 0.25) is 0 Å². The van der Waals surface area contributed by atoms with Crippen LogP contribution in [0.1, 0.15) is 12.8 Å². The summed E-state index contributed by atoms with van der Waals surface area (Å²) in [5.41, 5.74) is 0.410. The molecule has 1 N–H and O–H groups in total. The Bertz CT molecular complexity index is 505. The summed E-state index contributed by atoms with van der Waals surface area (Å²) in [5.74, 6) is -1.87. The second kappa shape index (κ2) is 5.36. The van der Waals surface area contributed by atoms with Crippen molar-refractivity contribution in [1.82, 2.24) is 0 Å². The van der Waals surface area contributed by atoms with E-state index >= 15 is 0 Å². The number of hydrogen-bond donors (Lipinski definition) is 1. The fourth-order valence-corrected chi connectivity index (χ4v) is 2.03. The zero-order valence-electron chi connectivity index (χ0n) is 10.4. The van der Waals surface area contributed by atoms with E-state index in [-0.39, 0.29) is 5.91 Å². The van der Waals surface area contributed by atoms with Crippen LogP contribution in [0.4, 0.5) is 10.1 Å². The van der Waals surface area contributed by atoms with E-state index in [9.17, 15) is 14.0 Å². The molecule has 1 aliphatic rings. The summed E-state index contributed by atoms with van der Waals surface area (Å²) >= 11 is 0. The summed E-state index contributed by atoms with van der Waals surface area (Å²) in [5, 5.41) is 8.81. The number of carbonyl (C=O) groups excluding carboxylic acids is 1. The van der Waals surface area contributed by atoms with E-state index in [0.29, 0.717) is 18.5 Å². The van der Waals surface area contributed by atoms with Crippen molar-refractivity contribution in [2.24, 2.45) is 0 Å². The Morgan fingerprint density at radius 1 is 1.37 bits per heavy atom. The molecular weight excluding hydrogens is 253 g/mol. The quantitative estimate of drug-likeness (QED) is 0.899. The number of amides is 1. The zero-order valence-corrected chi connectivity index (χ0v) is 10.4. The molecule has 2 rings (SSSR count). The van der Waals surface area contributed by atoms with Crippen LogP contribution in [-0.4, -0.2) is 36.2 Å². The molecule has 0 bridgehead atoms. The fourth-order valence-electron chi connectivity index (χ4n) is 2.03. The molecule has 1 heterocycles. The van der Waals surface area contributed by atoms with Crippen molar-refractivity contribution < 1.29 is 23.8 Å². The van der Waals surface area contributed by atoms with E-state index in [0.717, 1.165) is 0 Å². The van der Waals surface area contributed by atoms with Crippen molar-refractivity contribution in [3.05, 3.63) is 30.1 Å². The van der Waals surface area contributed by atoms with Gasteiger partial charge in [-0.2, -0.15) is 0 Å². The zero-order chi connectivity index (χ0) is 14.0. The highest BCUT2D eigenvalue weighted by atomic mass is 19.1. The maximum atomic E-state index is 13.1. The highest BCUT2D eigenvalue weighted by Crippen LogP contribution is 2.23. The van der Waals surface area contributed by atoms with Gasteiger partial charge in [0.1, 0.15) is 11.9 Å². The molecule has 0 aliphatic carbocycles. The van der Waals surface area contributed by atoms with Gasteiger partial charge in [-0.25, -0.2) is 9.18 Å². The number of benzene rings is 1. The van der Waals surface area contributed by atoms with Crippen LogP contribution in [0.3, 0.4) is 0 Å². The number of carboxylic acids is 1. The highest BCUT2D eigenvalue weighted by molar-refractivity contribution is 5.96. The van der Waals surface area contributed by atoms with Crippen molar-refractivity contribution in [1.29, 1.82) is 0 Å². The van der Waals surface area contributed by atoms with Crippen LogP contribution < -0.4 is 4.90 Å². The Hall–Kier alpha value is -1.95. The summed E-state index contributed by atoms with van der Waals surface area (Å²) in [4.78, 5) is 24.1. The smallest absolute Gasteiger partial charge is 0.332 e. The van der Waals surface area contributed by atoms with E-state index in [4.69, 9.17) is 9.84 Å².